The van der Waals surface area contributed by atoms with Crippen molar-refractivity contribution in [3.8, 4) is 11.5 Å². The molecule has 24 heavy (non-hydrogen) atoms. The van der Waals surface area contributed by atoms with E-state index < -0.39 is 0 Å². The Kier molecular flexibility index (Phi) is 6.07. The molecule has 2 amide bonds. The number of benzene rings is 2. The van der Waals surface area contributed by atoms with Crippen LogP contribution in [0.5, 0.6) is 11.5 Å². The van der Waals surface area contributed by atoms with Crippen molar-refractivity contribution in [1.82, 2.24) is 0 Å². The highest BCUT2D eigenvalue weighted by atomic mass is 16.5. The zero-order valence-electron chi connectivity index (χ0n) is 14.6. The van der Waals surface area contributed by atoms with Gasteiger partial charge in [-0.15, -0.1) is 0 Å². The summed E-state index contributed by atoms with van der Waals surface area (Å²) in [6.07, 6.45) is 1.01. The van der Waals surface area contributed by atoms with Gasteiger partial charge >= 0.3 is 6.03 Å². The van der Waals surface area contributed by atoms with Crippen molar-refractivity contribution in [3.05, 3.63) is 48.0 Å². The summed E-state index contributed by atoms with van der Waals surface area (Å²) in [4.78, 5) is 12.3. The molecule has 0 heterocycles. The van der Waals surface area contributed by atoms with Crippen molar-refractivity contribution in [1.29, 1.82) is 0 Å². The van der Waals surface area contributed by atoms with Gasteiger partial charge in [-0.05, 0) is 36.1 Å². The third-order valence-corrected chi connectivity index (χ3v) is 3.99. The largest absolute Gasteiger partial charge is 0.493 e. The van der Waals surface area contributed by atoms with Crippen LogP contribution in [0.1, 0.15) is 31.7 Å². The number of hydrogen-bond donors (Lipinski definition) is 2. The van der Waals surface area contributed by atoms with E-state index in [0.717, 1.165) is 17.7 Å². The van der Waals surface area contributed by atoms with Crippen molar-refractivity contribution < 1.29 is 14.3 Å². The SMILES string of the molecule is CCC(C)c1ccccc1NC(=O)Nc1ccc(OC)c(OC)c1. The van der Waals surface area contributed by atoms with Crippen LogP contribution < -0.4 is 20.1 Å². The van der Waals surface area contributed by atoms with E-state index in [1.807, 2.05) is 24.3 Å². The monoisotopic (exact) mass is 328 g/mol. The van der Waals surface area contributed by atoms with E-state index in [1.54, 1.807) is 32.4 Å². The molecule has 2 rings (SSSR count). The third-order valence-electron chi connectivity index (χ3n) is 3.99. The van der Waals surface area contributed by atoms with E-state index in [4.69, 9.17) is 9.47 Å². The van der Waals surface area contributed by atoms with Gasteiger partial charge in [-0.1, -0.05) is 32.0 Å². The van der Waals surface area contributed by atoms with Crippen LogP contribution in [0, 0.1) is 0 Å². The van der Waals surface area contributed by atoms with Crippen LogP contribution in [0.25, 0.3) is 0 Å². The van der Waals surface area contributed by atoms with Gasteiger partial charge in [0, 0.05) is 17.4 Å². The van der Waals surface area contributed by atoms with Crippen LogP contribution in [-0.4, -0.2) is 20.3 Å². The Morgan fingerprint density at radius 3 is 2.42 bits per heavy atom. The molecule has 5 nitrogen and oxygen atoms in total. The fourth-order valence-corrected chi connectivity index (χ4v) is 2.46. The summed E-state index contributed by atoms with van der Waals surface area (Å²) in [5.74, 6) is 1.56. The minimum atomic E-state index is -0.294. The van der Waals surface area contributed by atoms with Gasteiger partial charge in [0.05, 0.1) is 14.2 Å². The Labute approximate surface area is 143 Å². The lowest BCUT2D eigenvalue weighted by Gasteiger charge is -2.16. The molecule has 1 atom stereocenters. The van der Waals surface area contributed by atoms with Crippen molar-refractivity contribution in [2.75, 3.05) is 24.9 Å². The quantitative estimate of drug-likeness (QED) is 0.796. The average molecular weight is 328 g/mol. The van der Waals surface area contributed by atoms with Gasteiger partial charge in [0.1, 0.15) is 0 Å². The predicted octanol–water partition coefficient (Wildman–Crippen LogP) is 4.86. The number of amides is 2. The first-order valence-corrected chi connectivity index (χ1v) is 7.98. The molecule has 5 heteroatoms. The van der Waals surface area contributed by atoms with Gasteiger partial charge in [-0.3, -0.25) is 0 Å². The second kappa shape index (κ2) is 8.24. The molecule has 128 valence electrons. The molecule has 0 aliphatic carbocycles. The lowest BCUT2D eigenvalue weighted by Crippen LogP contribution is -2.20. The predicted molar refractivity (Wildman–Crippen MR) is 97.3 cm³/mol. The molecular formula is C19H24N2O3. The van der Waals surface area contributed by atoms with Crippen LogP contribution >= 0.6 is 0 Å². The number of ether oxygens (including phenoxy) is 2. The smallest absolute Gasteiger partial charge is 0.323 e. The number of methoxy groups -OCH3 is 2. The first-order valence-electron chi connectivity index (χ1n) is 7.98. The van der Waals surface area contributed by atoms with E-state index in [-0.39, 0.29) is 6.03 Å². The number of hydrogen-bond acceptors (Lipinski definition) is 3. The van der Waals surface area contributed by atoms with E-state index in [9.17, 15) is 4.79 Å². The summed E-state index contributed by atoms with van der Waals surface area (Å²) in [5, 5.41) is 5.73. The van der Waals surface area contributed by atoms with Gasteiger partial charge in [0.15, 0.2) is 11.5 Å². The summed E-state index contributed by atoms with van der Waals surface area (Å²) < 4.78 is 10.4. The Bertz CT molecular complexity index is 701. The van der Waals surface area contributed by atoms with Gasteiger partial charge in [0.2, 0.25) is 0 Å². The van der Waals surface area contributed by atoms with Crippen LogP contribution in [0.4, 0.5) is 16.2 Å². The van der Waals surface area contributed by atoms with E-state index in [0.29, 0.717) is 23.1 Å². The zero-order valence-corrected chi connectivity index (χ0v) is 14.6. The number of para-hydroxylation sites is 1. The number of nitrogens with one attached hydrogen (secondary N) is 2. The summed E-state index contributed by atoms with van der Waals surface area (Å²) in [7, 11) is 3.13. The number of rotatable bonds is 6. The van der Waals surface area contributed by atoms with E-state index in [1.165, 1.54) is 0 Å². The van der Waals surface area contributed by atoms with Crippen LogP contribution in [0.3, 0.4) is 0 Å². The lowest BCUT2D eigenvalue weighted by molar-refractivity contribution is 0.262. The molecule has 0 saturated carbocycles. The minimum Gasteiger partial charge on any atom is -0.493 e. The maximum Gasteiger partial charge on any atom is 0.323 e. The van der Waals surface area contributed by atoms with Crippen molar-refractivity contribution in [2.45, 2.75) is 26.2 Å². The molecular weight excluding hydrogens is 304 g/mol. The summed E-state index contributed by atoms with van der Waals surface area (Å²) >= 11 is 0. The zero-order chi connectivity index (χ0) is 17.5. The fraction of sp³-hybridized carbons (Fsp3) is 0.316. The molecule has 0 spiro atoms. The Balaban J connectivity index is 2.12. The van der Waals surface area contributed by atoms with E-state index >= 15 is 0 Å². The van der Waals surface area contributed by atoms with E-state index in [2.05, 4.69) is 24.5 Å². The van der Waals surface area contributed by atoms with Crippen molar-refractivity contribution in [3.63, 3.8) is 0 Å². The molecule has 0 fully saturated rings. The highest BCUT2D eigenvalue weighted by Gasteiger charge is 2.12. The maximum absolute atomic E-state index is 12.3. The number of anilines is 2. The Hall–Kier alpha value is -2.69. The Morgan fingerprint density at radius 2 is 1.75 bits per heavy atom. The molecule has 1 unspecified atom stereocenters. The van der Waals surface area contributed by atoms with Crippen molar-refractivity contribution in [2.24, 2.45) is 0 Å². The first kappa shape index (κ1) is 17.7. The number of carbonyl (C=O) groups excluding carboxylic acids is 1. The first-order chi connectivity index (χ1) is 11.6. The molecule has 0 radical (unpaired) electrons. The molecule has 0 bridgehead atoms. The lowest BCUT2D eigenvalue weighted by atomic mass is 9.97. The molecule has 0 saturated heterocycles. The standard InChI is InChI=1S/C19H24N2O3/c1-5-13(2)15-8-6-7-9-16(15)21-19(22)20-14-10-11-17(23-3)18(12-14)24-4/h6-13H,5H2,1-4H3,(H2,20,21,22). The highest BCUT2D eigenvalue weighted by molar-refractivity contribution is 6.00. The van der Waals surface area contributed by atoms with Gasteiger partial charge < -0.3 is 20.1 Å². The Morgan fingerprint density at radius 1 is 1.04 bits per heavy atom. The molecule has 2 aromatic rings. The summed E-state index contributed by atoms with van der Waals surface area (Å²) in [5.41, 5.74) is 2.58. The van der Waals surface area contributed by atoms with Gasteiger partial charge in [0.25, 0.3) is 0 Å². The van der Waals surface area contributed by atoms with Crippen molar-refractivity contribution >= 4 is 17.4 Å². The minimum absolute atomic E-state index is 0.294. The highest BCUT2D eigenvalue weighted by Crippen LogP contribution is 2.30. The van der Waals surface area contributed by atoms with Crippen LogP contribution in [0.2, 0.25) is 0 Å². The van der Waals surface area contributed by atoms with Crippen LogP contribution in [-0.2, 0) is 0 Å². The molecule has 0 aliphatic rings. The number of carbonyl (C=O) groups is 1. The van der Waals surface area contributed by atoms with Crippen LogP contribution in [0.15, 0.2) is 42.5 Å². The second-order valence-electron chi connectivity index (χ2n) is 5.55. The topological polar surface area (TPSA) is 59.6 Å². The number of urea groups is 1. The molecule has 2 N–H and O–H groups in total. The molecule has 2 aromatic carbocycles. The third kappa shape index (κ3) is 4.19. The fourth-order valence-electron chi connectivity index (χ4n) is 2.46. The normalized spacial score (nSPS) is 11.5. The summed E-state index contributed by atoms with van der Waals surface area (Å²) in [6, 6.07) is 12.8. The summed E-state index contributed by atoms with van der Waals surface area (Å²) in [6.45, 7) is 4.28. The van der Waals surface area contributed by atoms with Gasteiger partial charge in [-0.25, -0.2) is 4.79 Å². The van der Waals surface area contributed by atoms with Gasteiger partial charge in [-0.2, -0.15) is 0 Å². The average Bonchev–Trinajstić information content (AvgIpc) is 2.61. The molecule has 0 aromatic heterocycles. The maximum atomic E-state index is 12.3. The second-order valence-corrected chi connectivity index (χ2v) is 5.55. The molecule has 0 aliphatic heterocycles.